The highest BCUT2D eigenvalue weighted by Crippen LogP contribution is 2.23. The fourth-order valence-electron chi connectivity index (χ4n) is 2.34. The van der Waals surface area contributed by atoms with E-state index in [1.54, 1.807) is 18.4 Å². The van der Waals surface area contributed by atoms with E-state index in [0.717, 1.165) is 17.5 Å². The lowest BCUT2D eigenvalue weighted by Gasteiger charge is -2.27. The minimum Gasteiger partial charge on any atom is -0.356 e. The quantitative estimate of drug-likeness (QED) is 0.652. The summed E-state index contributed by atoms with van der Waals surface area (Å²) in [4.78, 5) is 9.88. The van der Waals surface area contributed by atoms with Crippen LogP contribution in [-0.4, -0.2) is 24.5 Å². The number of aliphatic imine (C=N–C) groups is 1. The first-order valence-corrected chi connectivity index (χ1v) is 8.65. The molecule has 0 saturated heterocycles. The molecule has 0 spiro atoms. The normalized spacial score (nSPS) is 12.3. The summed E-state index contributed by atoms with van der Waals surface area (Å²) in [5.74, 6) is 0.804. The van der Waals surface area contributed by atoms with Gasteiger partial charge in [-0.2, -0.15) is 0 Å². The molecule has 2 rings (SSSR count). The van der Waals surface area contributed by atoms with E-state index in [1.807, 2.05) is 6.20 Å². The van der Waals surface area contributed by atoms with Crippen LogP contribution in [0.5, 0.6) is 0 Å². The van der Waals surface area contributed by atoms with Gasteiger partial charge in [-0.25, -0.2) is 4.98 Å². The Morgan fingerprint density at radius 3 is 2.65 bits per heavy atom. The topological polar surface area (TPSA) is 49.3 Å². The Morgan fingerprint density at radius 1 is 1.26 bits per heavy atom. The predicted molar refractivity (Wildman–Crippen MR) is 99.3 cm³/mol. The summed E-state index contributed by atoms with van der Waals surface area (Å²) in [5.41, 5.74) is 2.65. The number of aromatic nitrogens is 1. The maximum atomic E-state index is 4.36. The zero-order valence-corrected chi connectivity index (χ0v) is 15.4. The zero-order chi connectivity index (χ0) is 16.9. The predicted octanol–water partition coefficient (Wildman–Crippen LogP) is 3.40. The molecule has 0 aliphatic carbocycles. The van der Waals surface area contributed by atoms with Crippen molar-refractivity contribution in [2.45, 2.75) is 39.7 Å². The number of benzene rings is 1. The smallest absolute Gasteiger partial charge is 0.191 e. The molecule has 0 bridgehead atoms. The van der Waals surface area contributed by atoms with Gasteiger partial charge in [-0.15, -0.1) is 11.3 Å². The SMILES string of the molecule is CN=C(NCc1ncc(C)s1)NCC(C)(C)c1cccc(C)c1. The van der Waals surface area contributed by atoms with Crippen molar-refractivity contribution in [3.63, 3.8) is 0 Å². The molecule has 0 radical (unpaired) electrons. The zero-order valence-electron chi connectivity index (χ0n) is 14.6. The summed E-state index contributed by atoms with van der Waals surface area (Å²) < 4.78 is 0. The molecule has 2 N–H and O–H groups in total. The molecule has 5 heteroatoms. The maximum Gasteiger partial charge on any atom is 0.191 e. The first-order valence-electron chi connectivity index (χ1n) is 7.84. The molecule has 1 aromatic heterocycles. The van der Waals surface area contributed by atoms with E-state index in [2.05, 4.69) is 72.6 Å². The van der Waals surface area contributed by atoms with Crippen LogP contribution in [0, 0.1) is 13.8 Å². The Bertz CT molecular complexity index is 673. The summed E-state index contributed by atoms with van der Waals surface area (Å²) in [6.45, 7) is 10.2. The molecule has 1 heterocycles. The van der Waals surface area contributed by atoms with Crippen molar-refractivity contribution in [2.75, 3.05) is 13.6 Å². The third-order valence-electron chi connectivity index (χ3n) is 3.80. The van der Waals surface area contributed by atoms with Crippen molar-refractivity contribution < 1.29 is 0 Å². The lowest BCUT2D eigenvalue weighted by Crippen LogP contribution is -2.43. The van der Waals surface area contributed by atoms with Gasteiger partial charge in [-0.05, 0) is 19.4 Å². The second kappa shape index (κ2) is 7.59. The number of hydrogen-bond donors (Lipinski definition) is 2. The van der Waals surface area contributed by atoms with E-state index in [4.69, 9.17) is 0 Å². The Kier molecular flexibility index (Phi) is 5.77. The standard InChI is InChI=1S/C18H26N4S/c1-13-7-6-8-15(9-13)18(3,4)12-22-17(19-5)21-11-16-20-10-14(2)23-16/h6-10H,11-12H2,1-5H3,(H2,19,21,22). The van der Waals surface area contributed by atoms with Crippen molar-refractivity contribution in [3.8, 4) is 0 Å². The number of nitrogens with one attached hydrogen (secondary N) is 2. The number of aryl methyl sites for hydroxylation is 2. The minimum absolute atomic E-state index is 0.0292. The molecule has 0 saturated carbocycles. The van der Waals surface area contributed by atoms with Gasteiger partial charge < -0.3 is 10.6 Å². The Hall–Kier alpha value is -1.88. The molecule has 0 aliphatic heterocycles. The average molecular weight is 331 g/mol. The molecule has 0 atom stereocenters. The van der Waals surface area contributed by atoms with Gasteiger partial charge in [0.05, 0.1) is 6.54 Å². The molecular weight excluding hydrogens is 304 g/mol. The number of guanidine groups is 1. The molecule has 4 nitrogen and oxygen atoms in total. The lowest BCUT2D eigenvalue weighted by molar-refractivity contribution is 0.508. The first-order chi connectivity index (χ1) is 10.9. The Morgan fingerprint density at radius 2 is 2.04 bits per heavy atom. The van der Waals surface area contributed by atoms with Crippen LogP contribution in [0.1, 0.15) is 34.9 Å². The van der Waals surface area contributed by atoms with Crippen molar-refractivity contribution in [1.29, 1.82) is 0 Å². The van der Waals surface area contributed by atoms with E-state index in [0.29, 0.717) is 6.54 Å². The van der Waals surface area contributed by atoms with E-state index in [1.165, 1.54) is 16.0 Å². The van der Waals surface area contributed by atoms with Gasteiger partial charge >= 0.3 is 0 Å². The van der Waals surface area contributed by atoms with Crippen LogP contribution in [0.4, 0.5) is 0 Å². The summed E-state index contributed by atoms with van der Waals surface area (Å²) in [5, 5.41) is 7.81. The average Bonchev–Trinajstić information content (AvgIpc) is 2.93. The van der Waals surface area contributed by atoms with Gasteiger partial charge in [0.1, 0.15) is 5.01 Å². The lowest BCUT2D eigenvalue weighted by atomic mass is 9.84. The Labute approximate surface area is 143 Å². The van der Waals surface area contributed by atoms with Crippen LogP contribution in [-0.2, 0) is 12.0 Å². The molecule has 1 aromatic carbocycles. The number of thiazole rings is 1. The molecule has 0 fully saturated rings. The van der Waals surface area contributed by atoms with Crippen LogP contribution in [0.3, 0.4) is 0 Å². The number of rotatable bonds is 5. The van der Waals surface area contributed by atoms with E-state index in [-0.39, 0.29) is 5.41 Å². The van der Waals surface area contributed by atoms with Crippen LogP contribution in [0.2, 0.25) is 0 Å². The monoisotopic (exact) mass is 330 g/mol. The van der Waals surface area contributed by atoms with Crippen molar-refractivity contribution in [1.82, 2.24) is 15.6 Å². The van der Waals surface area contributed by atoms with Gasteiger partial charge in [0.25, 0.3) is 0 Å². The number of hydrogen-bond acceptors (Lipinski definition) is 3. The fraction of sp³-hybridized carbons (Fsp3) is 0.444. The largest absolute Gasteiger partial charge is 0.356 e. The van der Waals surface area contributed by atoms with Gasteiger partial charge in [0, 0.05) is 30.1 Å². The van der Waals surface area contributed by atoms with Gasteiger partial charge in [0.15, 0.2) is 5.96 Å². The van der Waals surface area contributed by atoms with Crippen LogP contribution in [0.15, 0.2) is 35.5 Å². The maximum absolute atomic E-state index is 4.36. The summed E-state index contributed by atoms with van der Waals surface area (Å²) in [6, 6.07) is 8.67. The highest BCUT2D eigenvalue weighted by atomic mass is 32.1. The molecular formula is C18H26N4S. The van der Waals surface area contributed by atoms with E-state index < -0.39 is 0 Å². The summed E-state index contributed by atoms with van der Waals surface area (Å²) in [6.07, 6.45) is 1.90. The third kappa shape index (κ3) is 5.06. The summed E-state index contributed by atoms with van der Waals surface area (Å²) >= 11 is 1.71. The second-order valence-electron chi connectivity index (χ2n) is 6.40. The molecule has 0 unspecified atom stereocenters. The highest BCUT2D eigenvalue weighted by Gasteiger charge is 2.21. The van der Waals surface area contributed by atoms with Crippen LogP contribution < -0.4 is 10.6 Å². The molecule has 124 valence electrons. The highest BCUT2D eigenvalue weighted by molar-refractivity contribution is 7.11. The van der Waals surface area contributed by atoms with Crippen molar-refractivity contribution in [3.05, 3.63) is 51.5 Å². The van der Waals surface area contributed by atoms with E-state index >= 15 is 0 Å². The molecule has 23 heavy (non-hydrogen) atoms. The second-order valence-corrected chi connectivity index (χ2v) is 7.72. The molecule has 0 amide bonds. The third-order valence-corrected chi connectivity index (χ3v) is 4.71. The fourth-order valence-corrected chi connectivity index (χ4v) is 3.06. The van der Waals surface area contributed by atoms with Gasteiger partial charge in [-0.1, -0.05) is 43.7 Å². The first kappa shape index (κ1) is 17.5. The molecule has 0 aliphatic rings. The van der Waals surface area contributed by atoms with Gasteiger partial charge in [-0.3, -0.25) is 4.99 Å². The van der Waals surface area contributed by atoms with E-state index in [9.17, 15) is 0 Å². The minimum atomic E-state index is 0.0292. The summed E-state index contributed by atoms with van der Waals surface area (Å²) in [7, 11) is 1.79. The van der Waals surface area contributed by atoms with Crippen LogP contribution >= 0.6 is 11.3 Å². The van der Waals surface area contributed by atoms with Gasteiger partial charge in [0.2, 0.25) is 0 Å². The van der Waals surface area contributed by atoms with Crippen molar-refractivity contribution in [2.24, 2.45) is 4.99 Å². The Balaban J connectivity index is 1.91. The van der Waals surface area contributed by atoms with Crippen molar-refractivity contribution >= 4 is 17.3 Å². The van der Waals surface area contributed by atoms with Crippen LogP contribution in [0.25, 0.3) is 0 Å². The number of nitrogens with zero attached hydrogens (tertiary/aromatic N) is 2. The molecule has 2 aromatic rings.